The molecule has 0 aromatic heterocycles. The molecule has 0 radical (unpaired) electrons. The molecule has 10 aliphatic rings. The summed E-state index contributed by atoms with van der Waals surface area (Å²) in [4.78, 5) is 8.36. The molecule has 10 heterocycles. The summed E-state index contributed by atoms with van der Waals surface area (Å²) >= 11 is 0. The molecule has 140 valence electrons. The van der Waals surface area contributed by atoms with Crippen molar-refractivity contribution >= 4 is 13.9 Å². The number of hydrogen-bond donors (Lipinski definition) is 0. The average Bonchev–Trinajstić information content (AvgIpc) is 3.47. The summed E-state index contributed by atoms with van der Waals surface area (Å²) in [7, 11) is 0.00302. The summed E-state index contributed by atoms with van der Waals surface area (Å²) < 4.78 is 81.3. The van der Waals surface area contributed by atoms with Crippen molar-refractivity contribution in [3.8, 4) is 0 Å². The van der Waals surface area contributed by atoms with Crippen LogP contribution < -0.4 is 5.30 Å². The van der Waals surface area contributed by atoms with E-state index in [1.165, 1.54) is 12.1 Å². The number of rotatable bonds is 2. The zero-order chi connectivity index (χ0) is 17.6. The van der Waals surface area contributed by atoms with Gasteiger partial charge in [0.15, 0.2) is 0 Å². The molecule has 11 rings (SSSR count). The molecule has 1 aromatic carbocycles. The van der Waals surface area contributed by atoms with Gasteiger partial charge in [0.25, 0.3) is 0 Å². The normalized spacial score (nSPS) is 83.8. The average molecular weight is 430 g/mol. The minimum absolute atomic E-state index is 0.00302. The quantitative estimate of drug-likeness (QED) is 0.293. The Morgan fingerprint density at radius 3 is 1.65 bits per heavy atom. The van der Waals surface area contributed by atoms with Gasteiger partial charge in [-0.1, -0.05) is 0 Å². The van der Waals surface area contributed by atoms with Gasteiger partial charge in [0.1, 0.15) is 0 Å². The summed E-state index contributed by atoms with van der Waals surface area (Å²) in [5, 5.41) is -0.0135. The zero-order valence-corrected chi connectivity index (χ0v) is 15.2. The first kappa shape index (κ1) is 12.3. The van der Waals surface area contributed by atoms with Gasteiger partial charge >= 0.3 is 136 Å². The first-order chi connectivity index (χ1) is 11.9. The van der Waals surface area contributed by atoms with Crippen molar-refractivity contribution in [3.63, 3.8) is 0 Å². The van der Waals surface area contributed by atoms with Crippen LogP contribution in [0.2, 0.25) is 43.3 Å². The monoisotopic (exact) mass is 430 g/mol. The van der Waals surface area contributed by atoms with E-state index in [0.29, 0.717) is 6.07 Å². The van der Waals surface area contributed by atoms with E-state index in [2.05, 4.69) is 0 Å². The molecule has 1 spiro atoms. The Hall–Kier alpha value is -0.251. The first-order valence-corrected chi connectivity index (χ1v) is 16.4. The predicted octanol–water partition coefficient (Wildman–Crippen LogP) is 6.32. The fraction of sp³-hybridized carbons (Fsp3) is 0.667. The molecular formula is C18H13F6FeP. The number of fused-ring (bicyclic) bond motifs is 10. The molecule has 5 atom stereocenters. The van der Waals surface area contributed by atoms with Crippen molar-refractivity contribution in [3.05, 3.63) is 29.3 Å². The van der Waals surface area contributed by atoms with Gasteiger partial charge in [-0.15, -0.1) is 0 Å². The van der Waals surface area contributed by atoms with Crippen LogP contribution >= 0.6 is 8.58 Å². The van der Waals surface area contributed by atoms with Gasteiger partial charge < -0.3 is 0 Å². The SMILES string of the molecule is FC(F)(F)c1cccc(P[C]23[CH]4[CH]5[CH]6[CH]2[Fe]56432789[CH]3[CH]2[CH]7[CH]8[CH]39)c1C(F)(F)F. The van der Waals surface area contributed by atoms with Gasteiger partial charge in [-0.05, 0) is 0 Å². The van der Waals surface area contributed by atoms with Crippen molar-refractivity contribution in [2.45, 2.75) is 59.8 Å². The molecule has 5 unspecified atom stereocenters. The van der Waals surface area contributed by atoms with E-state index in [1.54, 1.807) is 0 Å². The van der Waals surface area contributed by atoms with Crippen LogP contribution in [0.1, 0.15) is 11.1 Å². The van der Waals surface area contributed by atoms with Crippen LogP contribution in [0.25, 0.3) is 0 Å². The first-order valence-electron chi connectivity index (χ1n) is 9.14. The maximum atomic E-state index is 13.7. The van der Waals surface area contributed by atoms with Gasteiger partial charge in [-0.2, -0.15) is 0 Å². The third-order valence-electron chi connectivity index (χ3n) is 16.7. The van der Waals surface area contributed by atoms with Gasteiger partial charge in [0.05, 0.1) is 0 Å². The van der Waals surface area contributed by atoms with Gasteiger partial charge in [0, 0.05) is 0 Å². The summed E-state index contributed by atoms with van der Waals surface area (Å²) in [6.45, 7) is -3.59. The fourth-order valence-electron chi connectivity index (χ4n) is 17.9. The van der Waals surface area contributed by atoms with Crippen LogP contribution in [0.15, 0.2) is 18.2 Å². The third kappa shape index (κ3) is 0.207. The van der Waals surface area contributed by atoms with E-state index >= 15 is 0 Å². The third-order valence-corrected chi connectivity index (χ3v) is 65.1. The van der Waals surface area contributed by atoms with Crippen LogP contribution in [0, 0.1) is 0 Å². The molecule has 26 heavy (non-hydrogen) atoms. The summed E-state index contributed by atoms with van der Waals surface area (Å²) in [6.07, 6.45) is -9.90. The molecule has 0 aliphatic carbocycles. The Bertz CT molecular complexity index is 1350. The number of alkyl halides is 6. The zero-order valence-electron chi connectivity index (χ0n) is 13.0. The molecular weight excluding hydrogens is 417 g/mol. The van der Waals surface area contributed by atoms with Crippen molar-refractivity contribution in [1.82, 2.24) is 0 Å². The van der Waals surface area contributed by atoms with E-state index in [4.69, 9.17) is 0 Å². The number of benzene rings is 1. The van der Waals surface area contributed by atoms with E-state index in [9.17, 15) is 26.3 Å². The standard InChI is InChI=1S/C13H8F6P.C5H5.Fe/c14-12(15,16)9-6-3-7-10(11(9)13(17,18)19)20-8-4-1-2-5-8;1-2-4-5-3-1;/h1-7,20H;1-5H;. The number of halogens is 6. The Balaban J connectivity index is 1.20. The fourth-order valence-corrected chi connectivity index (χ4v) is 104. The Morgan fingerprint density at radius 2 is 1.31 bits per heavy atom. The van der Waals surface area contributed by atoms with Gasteiger partial charge in [-0.3, -0.25) is 0 Å². The van der Waals surface area contributed by atoms with E-state index in [1.807, 2.05) is 0 Å². The molecule has 0 bridgehead atoms. The Morgan fingerprint density at radius 1 is 0.769 bits per heavy atom. The van der Waals surface area contributed by atoms with E-state index in [0.717, 1.165) is 43.3 Å². The molecule has 10 saturated heterocycles. The molecule has 8 heteroatoms. The van der Waals surface area contributed by atoms with Crippen molar-refractivity contribution in [1.29, 1.82) is 0 Å². The second-order valence-corrected chi connectivity index (χ2v) is 38.2. The van der Waals surface area contributed by atoms with Gasteiger partial charge in [0.2, 0.25) is 0 Å². The molecule has 0 nitrogen and oxygen atoms in total. The van der Waals surface area contributed by atoms with E-state index < -0.39 is 30.0 Å². The summed E-state index contributed by atoms with van der Waals surface area (Å²) in [6, 6.07) is 3.17. The van der Waals surface area contributed by atoms with Crippen LogP contribution in [0.4, 0.5) is 26.3 Å². The molecule has 0 N–H and O–H groups in total. The van der Waals surface area contributed by atoms with Crippen LogP contribution in [0.3, 0.4) is 0 Å². The topological polar surface area (TPSA) is 0 Å². The van der Waals surface area contributed by atoms with Crippen molar-refractivity contribution in [2.75, 3.05) is 0 Å². The molecule has 0 saturated carbocycles. The predicted molar refractivity (Wildman–Crippen MR) is 80.9 cm³/mol. The molecule has 0 amide bonds. The summed E-state index contributed by atoms with van der Waals surface area (Å²) in [5.74, 6) is 0. The van der Waals surface area contributed by atoms with E-state index in [-0.39, 0.29) is 17.9 Å². The number of hydrogen-bond acceptors (Lipinski definition) is 0. The Labute approximate surface area is 136 Å². The molecule has 1 aromatic rings. The van der Waals surface area contributed by atoms with Crippen molar-refractivity contribution < 1.29 is 32.9 Å². The second kappa shape index (κ2) is 1.32. The molecule has 10 aliphatic heterocycles. The van der Waals surface area contributed by atoms with Crippen LogP contribution in [-0.2, 0) is 18.9 Å². The second-order valence-electron chi connectivity index (χ2n) is 12.5. The van der Waals surface area contributed by atoms with Crippen LogP contribution in [-0.4, -0.2) is 4.05 Å². The van der Waals surface area contributed by atoms with Crippen molar-refractivity contribution in [2.24, 2.45) is 0 Å². The van der Waals surface area contributed by atoms with Gasteiger partial charge in [-0.25, -0.2) is 0 Å². The summed E-state index contributed by atoms with van der Waals surface area (Å²) in [5.41, 5.74) is -2.86. The van der Waals surface area contributed by atoms with Crippen LogP contribution in [0.5, 0.6) is 0 Å². The molecule has 10 fully saturated rings. The Kier molecular flexibility index (Phi) is 0.628. The minimum atomic E-state index is -4.96. The maximum absolute atomic E-state index is 13.7.